The minimum Gasteiger partial charge on any atom is -0.391 e. The van der Waals surface area contributed by atoms with Crippen LogP contribution in [0.2, 0.25) is 0 Å². The van der Waals surface area contributed by atoms with Crippen LogP contribution in [0.25, 0.3) is 0 Å². The van der Waals surface area contributed by atoms with Crippen LogP contribution in [0.5, 0.6) is 0 Å². The summed E-state index contributed by atoms with van der Waals surface area (Å²) in [5, 5.41) is 47.0. The lowest BCUT2D eigenvalue weighted by Gasteiger charge is -2.28. The summed E-state index contributed by atoms with van der Waals surface area (Å²) >= 11 is 0. The lowest BCUT2D eigenvalue weighted by atomic mass is 10.00. The largest absolute Gasteiger partial charge is 0.391 e. The molecule has 428 valence electrons. The second-order valence-corrected chi connectivity index (χ2v) is 19.6. The SMILES string of the molecule is CCCCCCCC(=O)N[C@H](C(=O)N[C@@H](CC)C(=O)N[C@H]1CCNC(=O)[C@H]([C@@H](C)O)NC(=O)[C@H](CCN)NC(=O)[C@H](CCN)NC(=O)[C@H](CC(C)C)NC(=O)[C@H](Cc2ccccc2)NC(=O)[C@H](CCN)NC1=O)[C@@H](C)O. The van der Waals surface area contributed by atoms with Crippen molar-refractivity contribution in [1.29, 1.82) is 0 Å². The van der Waals surface area contributed by atoms with E-state index >= 15 is 0 Å². The second-order valence-electron chi connectivity index (χ2n) is 19.6. The number of unbranched alkanes of at least 4 members (excludes halogenated alkanes) is 4. The van der Waals surface area contributed by atoms with Crippen molar-refractivity contribution >= 4 is 59.1 Å². The van der Waals surface area contributed by atoms with E-state index in [0.29, 0.717) is 12.0 Å². The number of rotatable bonds is 24. The number of aliphatic hydroxyl groups is 2. The predicted molar refractivity (Wildman–Crippen MR) is 283 cm³/mol. The number of aliphatic hydroxyl groups excluding tert-OH is 2. The molecule has 1 aromatic rings. The van der Waals surface area contributed by atoms with Gasteiger partial charge in [-0.25, -0.2) is 0 Å². The van der Waals surface area contributed by atoms with Crippen LogP contribution in [0, 0.1) is 5.92 Å². The van der Waals surface area contributed by atoms with E-state index in [2.05, 4.69) is 60.1 Å². The molecule has 1 aliphatic heterocycles. The van der Waals surface area contributed by atoms with Crippen molar-refractivity contribution < 1.29 is 58.2 Å². The smallest absolute Gasteiger partial charge is 0.245 e. The Morgan fingerprint density at radius 2 is 1.12 bits per heavy atom. The Morgan fingerprint density at radius 3 is 1.63 bits per heavy atom. The Balaban J connectivity index is 2.67. The van der Waals surface area contributed by atoms with Gasteiger partial charge in [0.2, 0.25) is 59.1 Å². The first-order valence-electron chi connectivity index (χ1n) is 26.6. The number of carbonyl (C=O) groups is 10. The van der Waals surface area contributed by atoms with Crippen molar-refractivity contribution in [3.8, 4) is 0 Å². The van der Waals surface area contributed by atoms with Crippen LogP contribution >= 0.6 is 0 Å². The summed E-state index contributed by atoms with van der Waals surface area (Å²) in [5.74, 6) is -8.57. The number of amides is 10. The first-order valence-corrected chi connectivity index (χ1v) is 26.6. The number of nitrogens with one attached hydrogen (secondary N) is 10. The van der Waals surface area contributed by atoms with Gasteiger partial charge in [-0.3, -0.25) is 47.9 Å². The number of carbonyl (C=O) groups excluding carboxylic acids is 10. The lowest BCUT2D eigenvalue weighted by Crippen LogP contribution is -2.61. The molecular formula is C51H87N13O12. The first-order chi connectivity index (χ1) is 36.1. The number of nitrogens with two attached hydrogens (primary N) is 3. The second kappa shape index (κ2) is 35.1. The van der Waals surface area contributed by atoms with E-state index < -0.39 is 132 Å². The van der Waals surface area contributed by atoms with E-state index in [4.69, 9.17) is 17.2 Å². The van der Waals surface area contributed by atoms with Crippen LogP contribution in [-0.4, -0.2) is 162 Å². The summed E-state index contributed by atoms with van der Waals surface area (Å²) < 4.78 is 0. The molecule has 25 nitrogen and oxygen atoms in total. The Kier molecular flexibility index (Phi) is 30.4. The highest BCUT2D eigenvalue weighted by atomic mass is 16.3. The maximum atomic E-state index is 14.4. The molecule has 1 aromatic carbocycles. The average Bonchev–Trinajstić information content (AvgIpc) is 3.36. The van der Waals surface area contributed by atoms with Crippen molar-refractivity contribution in [3.05, 3.63) is 35.9 Å². The highest BCUT2D eigenvalue weighted by Crippen LogP contribution is 2.12. The van der Waals surface area contributed by atoms with E-state index in [1.807, 2.05) is 0 Å². The number of hydrogen-bond donors (Lipinski definition) is 15. The van der Waals surface area contributed by atoms with Crippen molar-refractivity contribution in [2.75, 3.05) is 26.2 Å². The third-order valence-electron chi connectivity index (χ3n) is 12.6. The molecule has 0 bridgehead atoms. The van der Waals surface area contributed by atoms with Gasteiger partial charge in [-0.05, 0) is 89.9 Å². The Bertz CT molecular complexity index is 2050. The number of benzene rings is 1. The van der Waals surface area contributed by atoms with Crippen LogP contribution in [0.15, 0.2) is 30.3 Å². The summed E-state index contributed by atoms with van der Waals surface area (Å²) in [6.45, 7) is 8.97. The van der Waals surface area contributed by atoms with E-state index in [1.165, 1.54) is 13.8 Å². The van der Waals surface area contributed by atoms with Gasteiger partial charge in [-0.15, -0.1) is 0 Å². The van der Waals surface area contributed by atoms with Gasteiger partial charge in [0, 0.05) is 19.4 Å². The molecule has 0 saturated carbocycles. The van der Waals surface area contributed by atoms with Crippen molar-refractivity contribution in [1.82, 2.24) is 53.2 Å². The Hall–Kier alpha value is -6.28. The van der Waals surface area contributed by atoms with Gasteiger partial charge < -0.3 is 80.6 Å². The molecule has 0 unspecified atom stereocenters. The molecule has 10 amide bonds. The maximum absolute atomic E-state index is 14.4. The Labute approximate surface area is 446 Å². The third-order valence-corrected chi connectivity index (χ3v) is 12.6. The molecule has 2 rings (SSSR count). The zero-order valence-corrected chi connectivity index (χ0v) is 45.0. The molecule has 1 aliphatic rings. The fourth-order valence-corrected chi connectivity index (χ4v) is 8.23. The number of hydrogen-bond acceptors (Lipinski definition) is 15. The highest BCUT2D eigenvalue weighted by Gasteiger charge is 2.37. The molecule has 11 atom stereocenters. The van der Waals surface area contributed by atoms with E-state index in [0.717, 1.165) is 25.7 Å². The fourth-order valence-electron chi connectivity index (χ4n) is 8.23. The van der Waals surface area contributed by atoms with Gasteiger partial charge in [0.15, 0.2) is 0 Å². The quantitative estimate of drug-likeness (QED) is 0.0452. The molecule has 1 fully saturated rings. The van der Waals surface area contributed by atoms with Gasteiger partial charge in [-0.1, -0.05) is 83.7 Å². The van der Waals surface area contributed by atoms with E-state index in [9.17, 15) is 58.2 Å². The van der Waals surface area contributed by atoms with Crippen LogP contribution < -0.4 is 70.4 Å². The zero-order valence-electron chi connectivity index (χ0n) is 45.0. The zero-order chi connectivity index (χ0) is 56.9. The maximum Gasteiger partial charge on any atom is 0.245 e. The monoisotopic (exact) mass is 1070 g/mol. The molecular weight excluding hydrogens is 987 g/mol. The lowest BCUT2D eigenvalue weighted by molar-refractivity contribution is -0.136. The van der Waals surface area contributed by atoms with Crippen LogP contribution in [0.1, 0.15) is 124 Å². The van der Waals surface area contributed by atoms with Crippen LogP contribution in [0.4, 0.5) is 0 Å². The van der Waals surface area contributed by atoms with Crippen LogP contribution in [0.3, 0.4) is 0 Å². The normalized spacial score (nSPS) is 23.4. The summed E-state index contributed by atoms with van der Waals surface area (Å²) in [4.78, 5) is 139. The molecule has 1 saturated heterocycles. The van der Waals surface area contributed by atoms with Crippen molar-refractivity contribution in [2.45, 2.75) is 192 Å². The van der Waals surface area contributed by atoms with Gasteiger partial charge in [-0.2, -0.15) is 0 Å². The van der Waals surface area contributed by atoms with Gasteiger partial charge in [0.05, 0.1) is 12.2 Å². The molecule has 25 heteroatoms. The van der Waals surface area contributed by atoms with Gasteiger partial charge >= 0.3 is 0 Å². The first kappa shape index (κ1) is 65.8. The third kappa shape index (κ3) is 23.3. The van der Waals surface area contributed by atoms with Crippen molar-refractivity contribution in [3.63, 3.8) is 0 Å². The molecule has 0 radical (unpaired) electrons. The summed E-state index contributed by atoms with van der Waals surface area (Å²) in [5.41, 5.74) is 18.2. The topological polar surface area (TPSA) is 410 Å². The molecule has 18 N–H and O–H groups in total. The van der Waals surface area contributed by atoms with Gasteiger partial charge in [0.25, 0.3) is 0 Å². The minimum atomic E-state index is -1.64. The molecule has 0 spiro atoms. The van der Waals surface area contributed by atoms with E-state index in [-0.39, 0.29) is 76.9 Å². The summed E-state index contributed by atoms with van der Waals surface area (Å²) in [7, 11) is 0. The minimum absolute atomic E-state index is 0.0433. The molecule has 0 aromatic heterocycles. The summed E-state index contributed by atoms with van der Waals surface area (Å²) in [6, 6.07) is -4.15. The standard InChI is InChI=1S/C51H87N13O12/c1-7-9-10-11-15-18-40(67)63-42(31(6)66)51(76)56-33(8-2)43(68)60-37-22-26-55-50(75)41(30(5)65)64-47(72)36(21-25-54)58-44(69)34(19-23-52)59-48(73)38(27-29(3)4)61-49(74)39(28-32-16-13-12-14-17-32)62-45(70)35(20-24-53)57-46(37)71/h12-14,16-17,29-31,33-39,41-42,65-66H,7-11,15,18-28,52-54H2,1-6H3,(H,55,75)(H,56,76)(H,57,71)(H,58,69)(H,59,73)(H,60,68)(H,61,74)(H,62,70)(H,63,67)(H,64,72)/t30-,31-,33+,34+,35+,36+,37+,38+,39+,41+,42+/m1/s1. The Morgan fingerprint density at radius 1 is 0.618 bits per heavy atom. The van der Waals surface area contributed by atoms with Gasteiger partial charge in [0.1, 0.15) is 54.4 Å². The van der Waals surface area contributed by atoms with Crippen molar-refractivity contribution in [2.24, 2.45) is 23.1 Å². The summed E-state index contributed by atoms with van der Waals surface area (Å²) in [6.07, 6.45) is 0.669. The fraction of sp³-hybridized carbons (Fsp3) is 0.686. The van der Waals surface area contributed by atoms with E-state index in [1.54, 1.807) is 51.1 Å². The highest BCUT2D eigenvalue weighted by molar-refractivity contribution is 5.99. The average molecular weight is 1070 g/mol. The predicted octanol–water partition coefficient (Wildman–Crippen LogP) is -3.26. The molecule has 1 heterocycles. The molecule has 76 heavy (non-hydrogen) atoms. The molecule has 0 aliphatic carbocycles. The van der Waals surface area contributed by atoms with Crippen LogP contribution in [-0.2, 0) is 54.4 Å².